The molecule has 0 aliphatic rings. The van der Waals surface area contributed by atoms with Crippen molar-refractivity contribution < 1.29 is 14.3 Å². The van der Waals surface area contributed by atoms with E-state index in [0.29, 0.717) is 11.4 Å². The standard InChI is InChI=1S/C16H17N3O4/c1-9-8-14(21)18-19-15(9)12-4-6-13(7-5-12)17-16(22)10(2)23-11(3)20/h4-8,10H,1-3H3,(H,17,22)(H,18,21). The zero-order chi connectivity index (χ0) is 17.0. The average molecular weight is 315 g/mol. The Balaban J connectivity index is 2.12. The number of aromatic nitrogens is 2. The first kappa shape index (κ1) is 16.4. The molecule has 0 saturated heterocycles. The van der Waals surface area contributed by atoms with E-state index in [2.05, 4.69) is 15.5 Å². The summed E-state index contributed by atoms with van der Waals surface area (Å²) in [5.74, 6) is -0.922. The lowest BCUT2D eigenvalue weighted by atomic mass is 10.1. The van der Waals surface area contributed by atoms with E-state index >= 15 is 0 Å². The maximum Gasteiger partial charge on any atom is 0.303 e. The number of hydrogen-bond acceptors (Lipinski definition) is 5. The molecule has 0 bridgehead atoms. The van der Waals surface area contributed by atoms with Crippen LogP contribution in [0, 0.1) is 6.92 Å². The highest BCUT2D eigenvalue weighted by Gasteiger charge is 2.15. The predicted molar refractivity (Wildman–Crippen MR) is 84.9 cm³/mol. The minimum Gasteiger partial charge on any atom is -0.453 e. The van der Waals surface area contributed by atoms with Crippen LogP contribution in [0.25, 0.3) is 11.3 Å². The number of carbonyl (C=O) groups is 2. The molecule has 23 heavy (non-hydrogen) atoms. The normalized spacial score (nSPS) is 11.6. The first-order chi connectivity index (χ1) is 10.9. The summed E-state index contributed by atoms with van der Waals surface area (Å²) >= 11 is 0. The van der Waals surface area contributed by atoms with Crippen molar-refractivity contribution in [1.29, 1.82) is 0 Å². The Morgan fingerprint density at radius 3 is 2.48 bits per heavy atom. The SMILES string of the molecule is CC(=O)OC(C)C(=O)Nc1ccc(-c2n[nH]c(=O)cc2C)cc1. The molecule has 120 valence electrons. The minimum absolute atomic E-state index is 0.255. The van der Waals surface area contributed by atoms with Crippen molar-refractivity contribution in [2.45, 2.75) is 26.9 Å². The fourth-order valence-corrected chi connectivity index (χ4v) is 2.05. The number of aryl methyl sites for hydroxylation is 1. The number of nitrogens with zero attached hydrogens (tertiary/aromatic N) is 1. The van der Waals surface area contributed by atoms with Crippen molar-refractivity contribution >= 4 is 17.6 Å². The van der Waals surface area contributed by atoms with Crippen LogP contribution in [0.4, 0.5) is 5.69 Å². The molecule has 1 atom stereocenters. The summed E-state index contributed by atoms with van der Waals surface area (Å²) < 4.78 is 4.81. The molecule has 1 amide bonds. The maximum absolute atomic E-state index is 11.9. The fourth-order valence-electron chi connectivity index (χ4n) is 2.05. The van der Waals surface area contributed by atoms with Gasteiger partial charge in [0.25, 0.3) is 11.5 Å². The van der Waals surface area contributed by atoms with Gasteiger partial charge in [-0.1, -0.05) is 12.1 Å². The second kappa shape index (κ2) is 6.87. The summed E-state index contributed by atoms with van der Waals surface area (Å²) in [6.07, 6.45) is -0.865. The molecule has 2 rings (SSSR count). The summed E-state index contributed by atoms with van der Waals surface area (Å²) in [5.41, 5.74) is 2.55. The Hall–Kier alpha value is -2.96. The van der Waals surface area contributed by atoms with E-state index < -0.39 is 18.0 Å². The molecule has 0 spiro atoms. The number of carbonyl (C=O) groups excluding carboxylic acids is 2. The summed E-state index contributed by atoms with van der Waals surface area (Å²) in [7, 11) is 0. The van der Waals surface area contributed by atoms with Gasteiger partial charge in [-0.15, -0.1) is 0 Å². The Morgan fingerprint density at radius 2 is 1.91 bits per heavy atom. The van der Waals surface area contributed by atoms with Gasteiger partial charge in [-0.25, -0.2) is 5.10 Å². The van der Waals surface area contributed by atoms with E-state index in [9.17, 15) is 14.4 Å². The number of ether oxygens (including phenoxy) is 1. The Morgan fingerprint density at radius 1 is 1.26 bits per heavy atom. The number of benzene rings is 1. The molecule has 7 heteroatoms. The number of anilines is 1. The van der Waals surface area contributed by atoms with Crippen LogP contribution in [-0.2, 0) is 14.3 Å². The number of H-pyrrole nitrogens is 1. The van der Waals surface area contributed by atoms with Gasteiger partial charge < -0.3 is 10.1 Å². The topological polar surface area (TPSA) is 101 Å². The van der Waals surface area contributed by atoms with E-state index in [1.54, 1.807) is 31.2 Å². The van der Waals surface area contributed by atoms with E-state index in [1.165, 1.54) is 19.9 Å². The second-order valence-corrected chi connectivity index (χ2v) is 5.08. The van der Waals surface area contributed by atoms with E-state index in [0.717, 1.165) is 11.1 Å². The summed E-state index contributed by atoms with van der Waals surface area (Å²) in [6.45, 7) is 4.55. The predicted octanol–water partition coefficient (Wildman–Crippen LogP) is 1.64. The van der Waals surface area contributed by atoms with Crippen LogP contribution in [0.3, 0.4) is 0 Å². The summed E-state index contributed by atoms with van der Waals surface area (Å²) in [6, 6.07) is 8.44. The molecule has 0 saturated carbocycles. The van der Waals surface area contributed by atoms with Gasteiger partial charge in [-0.3, -0.25) is 14.4 Å². The zero-order valence-corrected chi connectivity index (χ0v) is 13.0. The highest BCUT2D eigenvalue weighted by Crippen LogP contribution is 2.21. The third kappa shape index (κ3) is 4.26. The lowest BCUT2D eigenvalue weighted by Gasteiger charge is -2.12. The molecule has 0 radical (unpaired) electrons. The number of esters is 1. The summed E-state index contributed by atoms with van der Waals surface area (Å²) in [4.78, 5) is 33.9. The van der Waals surface area contributed by atoms with Crippen molar-refractivity contribution in [2.24, 2.45) is 0 Å². The highest BCUT2D eigenvalue weighted by atomic mass is 16.5. The Bertz CT molecular complexity index is 781. The van der Waals surface area contributed by atoms with Gasteiger partial charge in [0.2, 0.25) is 0 Å². The average Bonchev–Trinajstić information content (AvgIpc) is 2.47. The minimum atomic E-state index is -0.865. The van der Waals surface area contributed by atoms with Crippen molar-refractivity contribution in [1.82, 2.24) is 10.2 Å². The van der Waals surface area contributed by atoms with Crippen LogP contribution in [0.5, 0.6) is 0 Å². The van der Waals surface area contributed by atoms with Crippen molar-refractivity contribution in [3.05, 3.63) is 46.2 Å². The van der Waals surface area contributed by atoms with Crippen LogP contribution < -0.4 is 10.9 Å². The molecule has 1 unspecified atom stereocenters. The Labute approximate surface area is 132 Å². The first-order valence-electron chi connectivity index (χ1n) is 7.01. The van der Waals surface area contributed by atoms with Crippen LogP contribution in [0.15, 0.2) is 35.1 Å². The number of amides is 1. The first-order valence-corrected chi connectivity index (χ1v) is 7.01. The molecule has 1 aromatic carbocycles. The van der Waals surface area contributed by atoms with Gasteiger partial charge in [0.15, 0.2) is 6.10 Å². The van der Waals surface area contributed by atoms with E-state index in [4.69, 9.17) is 4.74 Å². The lowest BCUT2D eigenvalue weighted by molar-refractivity contribution is -0.150. The quantitative estimate of drug-likeness (QED) is 0.835. The highest BCUT2D eigenvalue weighted by molar-refractivity contribution is 5.95. The fraction of sp³-hybridized carbons (Fsp3) is 0.250. The number of aromatic amines is 1. The molecule has 7 nitrogen and oxygen atoms in total. The van der Waals surface area contributed by atoms with Crippen molar-refractivity contribution in [2.75, 3.05) is 5.32 Å². The van der Waals surface area contributed by atoms with Gasteiger partial charge >= 0.3 is 5.97 Å². The smallest absolute Gasteiger partial charge is 0.303 e. The number of hydrogen-bond donors (Lipinski definition) is 2. The number of rotatable bonds is 4. The summed E-state index contributed by atoms with van der Waals surface area (Å²) in [5, 5.41) is 9.07. The van der Waals surface area contributed by atoms with Gasteiger partial charge in [0, 0.05) is 24.2 Å². The van der Waals surface area contributed by atoms with E-state index in [-0.39, 0.29) is 5.56 Å². The molecular formula is C16H17N3O4. The van der Waals surface area contributed by atoms with Crippen molar-refractivity contribution in [3.8, 4) is 11.3 Å². The Kier molecular flexibility index (Phi) is 4.90. The largest absolute Gasteiger partial charge is 0.453 e. The van der Waals surface area contributed by atoms with Gasteiger partial charge in [-0.2, -0.15) is 5.10 Å². The van der Waals surface area contributed by atoms with Crippen LogP contribution >= 0.6 is 0 Å². The molecule has 0 aliphatic carbocycles. The van der Waals surface area contributed by atoms with Gasteiger partial charge in [0.05, 0.1) is 5.69 Å². The second-order valence-electron chi connectivity index (χ2n) is 5.08. The maximum atomic E-state index is 11.9. The van der Waals surface area contributed by atoms with Crippen LogP contribution in [-0.4, -0.2) is 28.2 Å². The van der Waals surface area contributed by atoms with Crippen LogP contribution in [0.1, 0.15) is 19.4 Å². The molecular weight excluding hydrogens is 298 g/mol. The molecule has 0 aliphatic heterocycles. The molecule has 1 aromatic heterocycles. The van der Waals surface area contributed by atoms with Crippen LogP contribution in [0.2, 0.25) is 0 Å². The van der Waals surface area contributed by atoms with E-state index in [1.807, 2.05) is 0 Å². The number of nitrogens with one attached hydrogen (secondary N) is 2. The zero-order valence-electron chi connectivity index (χ0n) is 13.0. The van der Waals surface area contributed by atoms with Crippen molar-refractivity contribution in [3.63, 3.8) is 0 Å². The third-order valence-electron chi connectivity index (χ3n) is 3.14. The third-order valence-corrected chi connectivity index (χ3v) is 3.14. The molecule has 1 heterocycles. The van der Waals surface area contributed by atoms with Gasteiger partial charge in [0.1, 0.15) is 0 Å². The lowest BCUT2D eigenvalue weighted by Crippen LogP contribution is -2.29. The van der Waals surface area contributed by atoms with Gasteiger partial charge in [-0.05, 0) is 31.5 Å². The molecule has 2 N–H and O–H groups in total. The molecule has 0 fully saturated rings. The molecule has 2 aromatic rings. The monoisotopic (exact) mass is 315 g/mol.